The zero-order valence-corrected chi connectivity index (χ0v) is 7.23. The van der Waals surface area contributed by atoms with E-state index in [2.05, 4.69) is 0 Å². The minimum Gasteiger partial charge on any atom is -0.506 e. The molecule has 0 bridgehead atoms. The third-order valence-corrected chi connectivity index (χ3v) is 1.61. The van der Waals surface area contributed by atoms with Gasteiger partial charge >= 0.3 is 0 Å². The predicted molar refractivity (Wildman–Crippen MR) is 51.7 cm³/mol. The fraction of sp³-hybridized carbons (Fsp3) is 0. The van der Waals surface area contributed by atoms with Crippen LogP contribution in [0.3, 0.4) is 0 Å². The van der Waals surface area contributed by atoms with Gasteiger partial charge in [0, 0.05) is 0 Å². The summed E-state index contributed by atoms with van der Waals surface area (Å²) >= 11 is 0. The Morgan fingerprint density at radius 3 is 2.50 bits per heavy atom. The summed E-state index contributed by atoms with van der Waals surface area (Å²) in [6.45, 7) is 0. The van der Waals surface area contributed by atoms with E-state index in [-0.39, 0.29) is 17.0 Å². The normalized spacial score (nSPS) is 8.43. The van der Waals surface area contributed by atoms with E-state index in [1.165, 1.54) is 18.2 Å². The molecular formula is C10H7N3O. The van der Waals surface area contributed by atoms with Crippen LogP contribution in [0.1, 0.15) is 5.56 Å². The number of nitriles is 2. The Balaban J connectivity index is 3.13. The average Bonchev–Trinajstić information content (AvgIpc) is 2.19. The van der Waals surface area contributed by atoms with Crippen LogP contribution in [0, 0.1) is 22.7 Å². The molecule has 1 aromatic carbocycles. The Morgan fingerprint density at radius 2 is 2.00 bits per heavy atom. The second-order valence-electron chi connectivity index (χ2n) is 2.60. The van der Waals surface area contributed by atoms with Gasteiger partial charge in [-0.25, -0.2) is 0 Å². The first kappa shape index (κ1) is 9.63. The van der Waals surface area contributed by atoms with Crippen molar-refractivity contribution in [2.45, 2.75) is 0 Å². The molecule has 0 saturated heterocycles. The summed E-state index contributed by atoms with van der Waals surface area (Å²) < 4.78 is 0. The minimum absolute atomic E-state index is 0.0193. The number of hydrogen-bond acceptors (Lipinski definition) is 4. The number of phenols is 1. The number of nitrogens with zero attached hydrogens (tertiary/aromatic N) is 2. The molecule has 0 unspecified atom stereocenters. The highest BCUT2D eigenvalue weighted by atomic mass is 16.3. The maximum absolute atomic E-state index is 9.24. The predicted octanol–water partition coefficient (Wildman–Crippen LogP) is 1.40. The SMILES string of the molecule is N#CC(C#N)=Cc1ccc(N)c(O)c1. The lowest BCUT2D eigenvalue weighted by molar-refractivity contribution is 0.478. The molecule has 14 heavy (non-hydrogen) atoms. The van der Waals surface area contributed by atoms with Crippen molar-refractivity contribution in [1.82, 2.24) is 0 Å². The van der Waals surface area contributed by atoms with Crippen molar-refractivity contribution in [2.24, 2.45) is 0 Å². The lowest BCUT2D eigenvalue weighted by Gasteiger charge is -1.98. The van der Waals surface area contributed by atoms with Gasteiger partial charge in [-0.3, -0.25) is 0 Å². The molecule has 0 aliphatic heterocycles. The zero-order chi connectivity index (χ0) is 10.6. The standard InChI is InChI=1S/C10H7N3O/c11-5-8(6-12)3-7-1-2-9(13)10(14)4-7/h1-4,14H,13H2. The Morgan fingerprint density at radius 1 is 1.36 bits per heavy atom. The van der Waals surface area contributed by atoms with Crippen molar-refractivity contribution in [3.8, 4) is 17.9 Å². The molecule has 0 aliphatic rings. The number of hydrogen-bond donors (Lipinski definition) is 2. The highest BCUT2D eigenvalue weighted by Crippen LogP contribution is 2.21. The summed E-state index contributed by atoms with van der Waals surface area (Å²) in [6.07, 6.45) is 1.37. The largest absolute Gasteiger partial charge is 0.506 e. The molecule has 1 aromatic rings. The van der Waals surface area contributed by atoms with Crippen LogP contribution in [0.5, 0.6) is 5.75 Å². The highest BCUT2D eigenvalue weighted by molar-refractivity contribution is 5.66. The highest BCUT2D eigenvalue weighted by Gasteiger charge is 1.98. The zero-order valence-electron chi connectivity index (χ0n) is 7.23. The van der Waals surface area contributed by atoms with Gasteiger partial charge in [-0.05, 0) is 23.8 Å². The molecule has 0 amide bonds. The van der Waals surface area contributed by atoms with Crippen molar-refractivity contribution in [2.75, 3.05) is 5.73 Å². The van der Waals surface area contributed by atoms with Gasteiger partial charge in [0.25, 0.3) is 0 Å². The van der Waals surface area contributed by atoms with Crippen LogP contribution in [0.15, 0.2) is 23.8 Å². The third kappa shape index (κ3) is 2.02. The van der Waals surface area contributed by atoms with Crippen LogP contribution in [0.2, 0.25) is 0 Å². The second-order valence-corrected chi connectivity index (χ2v) is 2.60. The van der Waals surface area contributed by atoms with Crippen LogP contribution in [-0.4, -0.2) is 5.11 Å². The van der Waals surface area contributed by atoms with Gasteiger partial charge in [0.05, 0.1) is 5.69 Å². The Kier molecular flexibility index (Phi) is 2.73. The Labute approximate surface area is 81.1 Å². The number of rotatable bonds is 1. The molecule has 1 rings (SSSR count). The summed E-state index contributed by atoms with van der Waals surface area (Å²) in [5.74, 6) is -0.0611. The van der Waals surface area contributed by atoms with Crippen molar-refractivity contribution >= 4 is 11.8 Å². The van der Waals surface area contributed by atoms with Crippen molar-refractivity contribution in [1.29, 1.82) is 10.5 Å². The van der Waals surface area contributed by atoms with E-state index in [1.807, 2.05) is 0 Å². The molecule has 0 radical (unpaired) electrons. The average molecular weight is 185 g/mol. The number of nitrogen functional groups attached to an aromatic ring is 1. The topological polar surface area (TPSA) is 93.8 Å². The molecule has 0 fully saturated rings. The molecule has 68 valence electrons. The van der Waals surface area contributed by atoms with E-state index in [1.54, 1.807) is 18.2 Å². The molecule has 0 aliphatic carbocycles. The lowest BCUT2D eigenvalue weighted by atomic mass is 10.1. The molecule has 0 atom stereocenters. The smallest absolute Gasteiger partial charge is 0.139 e. The first-order valence-corrected chi connectivity index (χ1v) is 3.77. The summed E-state index contributed by atoms with van der Waals surface area (Å²) in [4.78, 5) is 0. The van der Waals surface area contributed by atoms with Crippen LogP contribution in [-0.2, 0) is 0 Å². The molecule has 0 spiro atoms. The Hall–Kier alpha value is -2.46. The molecule has 0 aromatic heterocycles. The summed E-state index contributed by atoms with van der Waals surface area (Å²) in [5.41, 5.74) is 6.19. The summed E-state index contributed by atoms with van der Waals surface area (Å²) in [7, 11) is 0. The number of allylic oxidation sites excluding steroid dienone is 1. The van der Waals surface area contributed by atoms with E-state index in [9.17, 15) is 5.11 Å². The summed E-state index contributed by atoms with van der Waals surface area (Å²) in [6, 6.07) is 7.96. The molecular weight excluding hydrogens is 178 g/mol. The number of phenolic OH excluding ortho intramolecular Hbond substituents is 1. The van der Waals surface area contributed by atoms with E-state index in [0.717, 1.165) is 0 Å². The van der Waals surface area contributed by atoms with Crippen molar-refractivity contribution < 1.29 is 5.11 Å². The lowest BCUT2D eigenvalue weighted by Crippen LogP contribution is -1.85. The van der Waals surface area contributed by atoms with E-state index < -0.39 is 0 Å². The first-order valence-electron chi connectivity index (χ1n) is 3.77. The van der Waals surface area contributed by atoms with E-state index in [0.29, 0.717) is 5.56 Å². The molecule has 0 saturated carbocycles. The van der Waals surface area contributed by atoms with Crippen LogP contribution < -0.4 is 5.73 Å². The number of nitrogens with two attached hydrogens (primary N) is 1. The molecule has 4 nitrogen and oxygen atoms in total. The van der Waals surface area contributed by atoms with Gasteiger partial charge in [-0.2, -0.15) is 10.5 Å². The Bertz CT molecular complexity index is 447. The van der Waals surface area contributed by atoms with E-state index >= 15 is 0 Å². The molecule has 0 heterocycles. The third-order valence-electron chi connectivity index (χ3n) is 1.61. The van der Waals surface area contributed by atoms with Gasteiger partial charge in [0.2, 0.25) is 0 Å². The van der Waals surface area contributed by atoms with Gasteiger partial charge in [0.1, 0.15) is 23.5 Å². The van der Waals surface area contributed by atoms with Crippen molar-refractivity contribution in [3.63, 3.8) is 0 Å². The van der Waals surface area contributed by atoms with Gasteiger partial charge in [0.15, 0.2) is 0 Å². The second kappa shape index (κ2) is 3.97. The maximum Gasteiger partial charge on any atom is 0.139 e. The molecule has 4 heteroatoms. The van der Waals surface area contributed by atoms with Crippen molar-refractivity contribution in [3.05, 3.63) is 29.3 Å². The number of anilines is 1. The van der Waals surface area contributed by atoms with Gasteiger partial charge in [-0.1, -0.05) is 6.07 Å². The summed E-state index contributed by atoms with van der Waals surface area (Å²) in [5, 5.41) is 26.2. The number of benzene rings is 1. The minimum atomic E-state index is -0.0611. The van der Waals surface area contributed by atoms with Gasteiger partial charge in [-0.15, -0.1) is 0 Å². The number of aromatic hydroxyl groups is 1. The quantitative estimate of drug-likeness (QED) is 0.393. The van der Waals surface area contributed by atoms with E-state index in [4.69, 9.17) is 16.3 Å². The molecule has 3 N–H and O–H groups in total. The van der Waals surface area contributed by atoms with Crippen LogP contribution in [0.25, 0.3) is 6.08 Å². The first-order chi connectivity index (χ1) is 6.67. The van der Waals surface area contributed by atoms with Crippen LogP contribution in [0.4, 0.5) is 5.69 Å². The maximum atomic E-state index is 9.24. The van der Waals surface area contributed by atoms with Gasteiger partial charge < -0.3 is 10.8 Å². The monoisotopic (exact) mass is 185 g/mol. The fourth-order valence-corrected chi connectivity index (χ4v) is 0.907. The fourth-order valence-electron chi connectivity index (χ4n) is 0.907. The van der Waals surface area contributed by atoms with Crippen LogP contribution >= 0.6 is 0 Å².